The number of anilines is 5. The number of nitrogens with two attached hydrogens (primary N) is 1. The SMILES string of the molecule is C#Cc1cccc(Nc2c(C#N)cnc3nc(NCCN4CCOCC4)sc23)c1.C#Cc1cccc(Nc2c(C#N)cnc3nc(SC)sc23)c1.NCCN1CCOCC1. The van der Waals surface area contributed by atoms with Gasteiger partial charge in [0.2, 0.25) is 0 Å². The van der Waals surface area contributed by atoms with Gasteiger partial charge in [-0.3, -0.25) is 9.80 Å². The number of hydrogen-bond donors (Lipinski definition) is 4. The lowest BCUT2D eigenvalue weighted by atomic mass is 10.2. The number of thioether (sulfide) groups is 1. The Morgan fingerprint density at radius 1 is 0.767 bits per heavy atom. The molecule has 0 spiro atoms. The number of nitriles is 2. The smallest absolute Gasteiger partial charge is 0.185 e. The number of aromatic nitrogens is 4. The van der Waals surface area contributed by atoms with E-state index in [0.717, 1.165) is 126 Å². The van der Waals surface area contributed by atoms with Crippen molar-refractivity contribution in [2.24, 2.45) is 5.73 Å². The monoisotopic (exact) mass is 856 g/mol. The second kappa shape index (κ2) is 22.5. The molecule has 60 heavy (non-hydrogen) atoms. The minimum atomic E-state index is 0.465. The Kier molecular flexibility index (Phi) is 16.4. The largest absolute Gasteiger partial charge is 0.379 e. The first kappa shape index (κ1) is 43.7. The summed E-state index contributed by atoms with van der Waals surface area (Å²) < 4.78 is 13.2. The molecule has 2 saturated heterocycles. The van der Waals surface area contributed by atoms with Crippen LogP contribution in [0.4, 0.5) is 27.9 Å². The number of nitrogens with zero attached hydrogens (tertiary/aromatic N) is 8. The maximum absolute atomic E-state index is 9.54. The molecule has 2 aliphatic heterocycles. The summed E-state index contributed by atoms with van der Waals surface area (Å²) in [5.41, 5.74) is 12.2. The third kappa shape index (κ3) is 11.9. The van der Waals surface area contributed by atoms with Crippen LogP contribution in [0.5, 0.6) is 0 Å². The molecule has 0 atom stereocenters. The van der Waals surface area contributed by atoms with Crippen LogP contribution in [0, 0.1) is 47.3 Å². The molecule has 2 aliphatic rings. The van der Waals surface area contributed by atoms with Gasteiger partial charge in [-0.1, -0.05) is 47.1 Å². The van der Waals surface area contributed by atoms with E-state index >= 15 is 0 Å². The number of nitrogens with one attached hydrogen (secondary N) is 3. The Labute approximate surface area is 362 Å². The van der Waals surface area contributed by atoms with E-state index in [2.05, 4.69) is 69.7 Å². The lowest BCUT2D eigenvalue weighted by Crippen LogP contribution is -2.39. The molecule has 0 unspecified atom stereocenters. The zero-order chi connectivity index (χ0) is 42.1. The van der Waals surface area contributed by atoms with Gasteiger partial charge in [0.1, 0.15) is 16.8 Å². The second-order valence-electron chi connectivity index (χ2n) is 13.1. The van der Waals surface area contributed by atoms with Crippen molar-refractivity contribution in [1.29, 1.82) is 10.5 Å². The molecule has 5 N–H and O–H groups in total. The maximum atomic E-state index is 9.54. The van der Waals surface area contributed by atoms with E-state index in [1.54, 1.807) is 24.2 Å². The average Bonchev–Trinajstić information content (AvgIpc) is 3.93. The van der Waals surface area contributed by atoms with Gasteiger partial charge in [0.15, 0.2) is 20.8 Å². The van der Waals surface area contributed by atoms with Crippen LogP contribution in [0.3, 0.4) is 0 Å². The molecule has 2 fully saturated rings. The summed E-state index contributed by atoms with van der Waals surface area (Å²) in [4.78, 5) is 22.3. The van der Waals surface area contributed by atoms with E-state index in [1.165, 1.54) is 22.7 Å². The van der Waals surface area contributed by atoms with E-state index in [-0.39, 0.29) is 0 Å². The molecule has 0 radical (unpaired) electrons. The van der Waals surface area contributed by atoms with E-state index in [9.17, 15) is 10.5 Å². The van der Waals surface area contributed by atoms with Gasteiger partial charge in [0, 0.05) is 87.3 Å². The fourth-order valence-electron chi connectivity index (χ4n) is 6.13. The topological polar surface area (TPSA) is 186 Å². The van der Waals surface area contributed by atoms with E-state index in [0.29, 0.717) is 28.1 Å². The van der Waals surface area contributed by atoms with Crippen LogP contribution in [0.2, 0.25) is 0 Å². The molecule has 17 heteroatoms. The molecule has 2 aromatic carbocycles. The van der Waals surface area contributed by atoms with Gasteiger partial charge in [-0.2, -0.15) is 10.5 Å². The van der Waals surface area contributed by atoms with Crippen molar-refractivity contribution < 1.29 is 9.47 Å². The molecule has 306 valence electrons. The zero-order valence-corrected chi connectivity index (χ0v) is 35.6. The van der Waals surface area contributed by atoms with Gasteiger partial charge in [-0.15, -0.1) is 24.2 Å². The molecule has 6 aromatic rings. The third-order valence-corrected chi connectivity index (χ3v) is 12.3. The van der Waals surface area contributed by atoms with Gasteiger partial charge >= 0.3 is 0 Å². The first-order valence-corrected chi connectivity index (χ1v) is 22.0. The van der Waals surface area contributed by atoms with Crippen LogP contribution in [0.25, 0.3) is 20.7 Å². The molecule has 0 amide bonds. The molecule has 4 aromatic heterocycles. The summed E-state index contributed by atoms with van der Waals surface area (Å²) in [5, 5.41) is 29.6. The number of thiazole rings is 2. The van der Waals surface area contributed by atoms with Gasteiger partial charge in [0.05, 0.1) is 53.6 Å². The van der Waals surface area contributed by atoms with E-state index in [4.69, 9.17) is 28.1 Å². The van der Waals surface area contributed by atoms with Crippen LogP contribution in [0.1, 0.15) is 22.3 Å². The Balaban J connectivity index is 0.000000171. The zero-order valence-electron chi connectivity index (χ0n) is 33.1. The number of rotatable bonds is 11. The highest BCUT2D eigenvalue weighted by Crippen LogP contribution is 2.37. The van der Waals surface area contributed by atoms with Gasteiger partial charge in [0.25, 0.3) is 0 Å². The van der Waals surface area contributed by atoms with Crippen molar-refractivity contribution in [3.63, 3.8) is 0 Å². The van der Waals surface area contributed by atoms with Crippen LogP contribution in [-0.4, -0.2) is 115 Å². The fourth-order valence-corrected chi connectivity index (χ4v) is 8.60. The number of terminal acetylenes is 2. The fraction of sp³-hybridized carbons (Fsp3) is 0.302. The predicted octanol–water partition coefficient (Wildman–Crippen LogP) is 6.32. The minimum absolute atomic E-state index is 0.465. The Morgan fingerprint density at radius 2 is 1.28 bits per heavy atom. The standard InChI is InChI=1S/C21H20N6OS.C16H10N4S2.C6H14N2O/c1-2-15-4-3-5-17(12-15)25-18-16(13-22)14-24-20-19(18)29-21(26-20)23-6-7-27-8-10-28-11-9-27;1-3-10-5-4-6-12(7-10)19-13-11(8-17)9-18-15-14(13)22-16(20-15)21-2;7-1-2-8-3-5-9-6-4-8/h1,3-5,12,14H,6-11H2,(H2,23,24,25,26);1,4-7,9H,2H3,(H,18,19);1-7H2. The number of morpholine rings is 2. The molecule has 0 bridgehead atoms. The molecule has 8 rings (SSSR count). The minimum Gasteiger partial charge on any atom is -0.379 e. The molecule has 6 heterocycles. The first-order chi connectivity index (χ1) is 29.4. The lowest BCUT2D eigenvalue weighted by molar-refractivity contribution is 0.0394. The molecule has 0 saturated carbocycles. The van der Waals surface area contributed by atoms with Crippen molar-refractivity contribution in [3.05, 3.63) is 83.2 Å². The highest BCUT2D eigenvalue weighted by molar-refractivity contribution is 8.00. The number of ether oxygens (including phenoxy) is 2. The Bertz CT molecular complexity index is 2530. The molecular weight excluding hydrogens is 813 g/mol. The number of pyridine rings is 2. The van der Waals surface area contributed by atoms with Crippen LogP contribution < -0.4 is 21.7 Å². The third-order valence-electron chi connectivity index (χ3n) is 9.19. The first-order valence-electron chi connectivity index (χ1n) is 19.1. The number of hydrogen-bond acceptors (Lipinski definition) is 17. The van der Waals surface area contributed by atoms with Crippen LogP contribution in [-0.2, 0) is 9.47 Å². The summed E-state index contributed by atoms with van der Waals surface area (Å²) in [5.74, 6) is 5.23. The normalized spacial score (nSPS) is 14.0. The van der Waals surface area contributed by atoms with Crippen molar-refractivity contribution in [1.82, 2.24) is 29.7 Å². The van der Waals surface area contributed by atoms with Gasteiger partial charge < -0.3 is 31.2 Å². The predicted molar refractivity (Wildman–Crippen MR) is 243 cm³/mol. The van der Waals surface area contributed by atoms with Crippen molar-refractivity contribution in [3.8, 4) is 36.8 Å². The highest BCUT2D eigenvalue weighted by atomic mass is 32.2. The second-order valence-corrected chi connectivity index (χ2v) is 16.2. The summed E-state index contributed by atoms with van der Waals surface area (Å²) in [7, 11) is 0. The Morgan fingerprint density at radius 3 is 1.78 bits per heavy atom. The highest BCUT2D eigenvalue weighted by Gasteiger charge is 2.17. The van der Waals surface area contributed by atoms with Gasteiger partial charge in [-0.05, 0) is 42.7 Å². The summed E-state index contributed by atoms with van der Waals surface area (Å²) >= 11 is 4.56. The van der Waals surface area contributed by atoms with Crippen molar-refractivity contribution in [2.75, 3.05) is 101 Å². The average molecular weight is 857 g/mol. The molecule has 14 nitrogen and oxygen atoms in total. The number of benzene rings is 2. The van der Waals surface area contributed by atoms with Crippen molar-refractivity contribution in [2.45, 2.75) is 4.34 Å². The molecule has 0 aliphatic carbocycles. The summed E-state index contributed by atoms with van der Waals surface area (Å²) in [6.45, 7) is 10.9. The maximum Gasteiger partial charge on any atom is 0.185 e. The van der Waals surface area contributed by atoms with Crippen LogP contribution in [0.15, 0.2) is 65.3 Å². The summed E-state index contributed by atoms with van der Waals surface area (Å²) in [6, 6.07) is 19.4. The van der Waals surface area contributed by atoms with Crippen molar-refractivity contribution >= 4 is 83.0 Å². The van der Waals surface area contributed by atoms with Gasteiger partial charge in [-0.25, -0.2) is 19.9 Å². The quantitative estimate of drug-likeness (QED) is 0.0838. The lowest BCUT2D eigenvalue weighted by Gasteiger charge is -2.26. The van der Waals surface area contributed by atoms with Crippen LogP contribution >= 0.6 is 34.4 Å². The Hall–Kier alpha value is -5.83. The van der Waals surface area contributed by atoms with E-state index in [1.807, 2.05) is 54.8 Å². The summed E-state index contributed by atoms with van der Waals surface area (Å²) in [6.07, 6.45) is 16.0. The van der Waals surface area contributed by atoms with E-state index < -0.39 is 0 Å². The molecular formula is C43H44N12O2S3. The number of fused-ring (bicyclic) bond motifs is 2.